The van der Waals surface area contributed by atoms with Crippen LogP contribution in [0, 0.1) is 0 Å². The lowest BCUT2D eigenvalue weighted by Crippen LogP contribution is -2.19. The first-order valence-electron chi connectivity index (χ1n) is 8.19. The molecule has 0 amide bonds. The van der Waals surface area contributed by atoms with Crippen molar-refractivity contribution in [2.75, 3.05) is 26.4 Å². The maximum absolute atomic E-state index is 10.9. The Labute approximate surface area is 156 Å². The number of carbonyl (C=O) groups excluding carboxylic acids is 4. The molecule has 1 unspecified atom stereocenters. The molecule has 1 rings (SSSR count). The molecule has 1 heterocycles. The maximum Gasteiger partial charge on any atom is 0.334 e. The molecule has 1 saturated heterocycles. The van der Waals surface area contributed by atoms with Crippen LogP contribution in [0.3, 0.4) is 0 Å². The van der Waals surface area contributed by atoms with Crippen molar-refractivity contribution < 1.29 is 53.1 Å². The molecule has 0 spiro atoms. The van der Waals surface area contributed by atoms with Crippen LogP contribution in [-0.2, 0) is 42.9 Å². The number of rotatable bonds is 9. The van der Waals surface area contributed by atoms with E-state index in [0.717, 1.165) is 12.8 Å². The maximum atomic E-state index is 10.9. The molecule has 156 valence electrons. The number of carboxylic acids is 1. The highest BCUT2D eigenvalue weighted by atomic mass is 16.8. The molecular formula is C16H26O11. The van der Waals surface area contributed by atoms with Crippen LogP contribution in [0.4, 0.5) is 0 Å². The minimum Gasteiger partial charge on any atom is -0.480 e. The van der Waals surface area contributed by atoms with E-state index < -0.39 is 24.8 Å². The Morgan fingerprint density at radius 2 is 1.67 bits per heavy atom. The SMILES string of the molecule is CCCC(=O)OCC1OCC(=O)O1.CCCC(=O)OCC=O.O=C(O)CO. The second kappa shape index (κ2) is 18.3. The van der Waals surface area contributed by atoms with E-state index in [-0.39, 0.29) is 31.8 Å². The minimum atomic E-state index is -1.19. The Morgan fingerprint density at radius 1 is 1.15 bits per heavy atom. The molecule has 0 saturated carbocycles. The molecule has 1 aliphatic heterocycles. The molecule has 11 nitrogen and oxygen atoms in total. The Balaban J connectivity index is 0. The number of aliphatic hydroxyl groups is 1. The van der Waals surface area contributed by atoms with Crippen LogP contribution in [0.2, 0.25) is 0 Å². The van der Waals surface area contributed by atoms with Gasteiger partial charge in [0, 0.05) is 12.8 Å². The lowest BCUT2D eigenvalue weighted by atomic mass is 10.3. The van der Waals surface area contributed by atoms with Crippen molar-refractivity contribution in [1.29, 1.82) is 0 Å². The van der Waals surface area contributed by atoms with Gasteiger partial charge in [0.05, 0.1) is 0 Å². The molecule has 0 radical (unpaired) electrons. The molecule has 1 atom stereocenters. The Hall–Kier alpha value is -2.53. The third-order valence-electron chi connectivity index (χ3n) is 2.39. The molecule has 0 aromatic rings. The average Bonchev–Trinajstić information content (AvgIpc) is 3.05. The molecule has 0 aliphatic carbocycles. The van der Waals surface area contributed by atoms with Crippen molar-refractivity contribution in [2.45, 2.75) is 45.8 Å². The van der Waals surface area contributed by atoms with Crippen LogP contribution in [0.15, 0.2) is 0 Å². The fourth-order valence-corrected chi connectivity index (χ4v) is 1.30. The number of esters is 3. The van der Waals surface area contributed by atoms with Gasteiger partial charge in [-0.25, -0.2) is 9.59 Å². The molecule has 1 fully saturated rings. The second-order valence-corrected chi connectivity index (χ2v) is 4.81. The van der Waals surface area contributed by atoms with Gasteiger partial charge in [-0.1, -0.05) is 13.8 Å². The van der Waals surface area contributed by atoms with Crippen molar-refractivity contribution in [1.82, 2.24) is 0 Å². The number of aliphatic carboxylic acids is 1. The topological polar surface area (TPSA) is 163 Å². The minimum absolute atomic E-state index is 0.00935. The highest BCUT2D eigenvalue weighted by Gasteiger charge is 2.24. The fourth-order valence-electron chi connectivity index (χ4n) is 1.30. The summed E-state index contributed by atoms with van der Waals surface area (Å²) in [6.45, 7) is 2.80. The van der Waals surface area contributed by atoms with Gasteiger partial charge in [-0.15, -0.1) is 0 Å². The first-order valence-corrected chi connectivity index (χ1v) is 8.19. The van der Waals surface area contributed by atoms with Crippen molar-refractivity contribution >= 4 is 30.2 Å². The standard InChI is InChI=1S/C8H12O5.C6H10O3.C2H4O3/c1-2-3-6(9)11-5-8-12-4-7(10)13-8;1-2-3-6(8)9-5-4-7;3-1-2(4)5/h8H,2-5H2,1H3;4H,2-3,5H2,1H3;3H,1H2,(H,4,5). The van der Waals surface area contributed by atoms with Gasteiger partial charge in [0.2, 0.25) is 6.29 Å². The molecule has 0 aromatic carbocycles. The number of carbonyl (C=O) groups is 5. The number of hydrogen-bond donors (Lipinski definition) is 2. The number of hydrogen-bond acceptors (Lipinski definition) is 10. The lowest BCUT2D eigenvalue weighted by molar-refractivity contribution is -0.161. The first kappa shape index (κ1) is 26.7. The van der Waals surface area contributed by atoms with Gasteiger partial charge >= 0.3 is 23.9 Å². The summed E-state index contributed by atoms with van der Waals surface area (Å²) >= 11 is 0. The molecule has 27 heavy (non-hydrogen) atoms. The summed E-state index contributed by atoms with van der Waals surface area (Å²) < 4.78 is 18.7. The highest BCUT2D eigenvalue weighted by molar-refractivity contribution is 5.72. The molecule has 1 aliphatic rings. The van der Waals surface area contributed by atoms with Crippen LogP contribution >= 0.6 is 0 Å². The van der Waals surface area contributed by atoms with Crippen molar-refractivity contribution in [3.63, 3.8) is 0 Å². The van der Waals surface area contributed by atoms with E-state index in [1.807, 2.05) is 13.8 Å². The van der Waals surface area contributed by atoms with Gasteiger partial charge in [-0.05, 0) is 12.8 Å². The number of aliphatic hydroxyl groups excluding tert-OH is 1. The number of carboxylic acid groups (broad SMARTS) is 1. The van der Waals surface area contributed by atoms with E-state index in [1.165, 1.54) is 0 Å². The van der Waals surface area contributed by atoms with Gasteiger partial charge in [0.25, 0.3) is 0 Å². The normalized spacial score (nSPS) is 14.5. The molecule has 0 bridgehead atoms. The van der Waals surface area contributed by atoms with Crippen LogP contribution in [0.25, 0.3) is 0 Å². The van der Waals surface area contributed by atoms with Crippen LogP contribution < -0.4 is 0 Å². The highest BCUT2D eigenvalue weighted by Crippen LogP contribution is 2.06. The molecule has 0 aromatic heterocycles. The lowest BCUT2D eigenvalue weighted by Gasteiger charge is -2.08. The van der Waals surface area contributed by atoms with E-state index in [4.69, 9.17) is 24.5 Å². The Bertz CT molecular complexity index is 461. The second-order valence-electron chi connectivity index (χ2n) is 4.81. The molecular weight excluding hydrogens is 368 g/mol. The van der Waals surface area contributed by atoms with Crippen molar-refractivity contribution in [2.24, 2.45) is 0 Å². The smallest absolute Gasteiger partial charge is 0.334 e. The summed E-state index contributed by atoms with van der Waals surface area (Å²) in [5.74, 6) is -2.21. The summed E-state index contributed by atoms with van der Waals surface area (Å²) in [6.07, 6.45) is 2.12. The van der Waals surface area contributed by atoms with Crippen LogP contribution in [0.5, 0.6) is 0 Å². The summed E-state index contributed by atoms with van der Waals surface area (Å²) in [5.41, 5.74) is 0. The Morgan fingerprint density at radius 3 is 2.04 bits per heavy atom. The monoisotopic (exact) mass is 394 g/mol. The van der Waals surface area contributed by atoms with E-state index in [1.54, 1.807) is 0 Å². The predicted octanol–water partition coefficient (Wildman–Crippen LogP) is -0.179. The number of cyclic esters (lactones) is 1. The predicted molar refractivity (Wildman–Crippen MR) is 88.4 cm³/mol. The van der Waals surface area contributed by atoms with E-state index in [9.17, 15) is 19.2 Å². The molecule has 11 heteroatoms. The molecule has 2 N–H and O–H groups in total. The zero-order valence-corrected chi connectivity index (χ0v) is 15.4. The first-order chi connectivity index (χ1) is 12.8. The quantitative estimate of drug-likeness (QED) is 0.303. The summed E-state index contributed by atoms with van der Waals surface area (Å²) in [7, 11) is 0. The largest absolute Gasteiger partial charge is 0.480 e. The van der Waals surface area contributed by atoms with Gasteiger partial charge in [-0.3, -0.25) is 14.4 Å². The van der Waals surface area contributed by atoms with Gasteiger partial charge in [-0.2, -0.15) is 0 Å². The fraction of sp³-hybridized carbons (Fsp3) is 0.688. The van der Waals surface area contributed by atoms with Gasteiger partial charge in [0.15, 0.2) is 12.9 Å². The van der Waals surface area contributed by atoms with Gasteiger partial charge in [0.1, 0.15) is 19.8 Å². The van der Waals surface area contributed by atoms with E-state index >= 15 is 0 Å². The Kier molecular flexibility index (Phi) is 18.1. The number of aldehydes is 1. The average molecular weight is 394 g/mol. The van der Waals surface area contributed by atoms with Gasteiger partial charge < -0.3 is 29.2 Å². The summed E-state index contributed by atoms with van der Waals surface area (Å²) in [5, 5.41) is 15.0. The van der Waals surface area contributed by atoms with E-state index in [2.05, 4.69) is 9.47 Å². The third-order valence-corrected chi connectivity index (χ3v) is 2.39. The number of ether oxygens (including phenoxy) is 4. The zero-order chi connectivity index (χ0) is 21.1. The summed E-state index contributed by atoms with van der Waals surface area (Å²) in [4.78, 5) is 50.6. The van der Waals surface area contributed by atoms with Crippen molar-refractivity contribution in [3.8, 4) is 0 Å². The van der Waals surface area contributed by atoms with Crippen LogP contribution in [0.1, 0.15) is 39.5 Å². The van der Waals surface area contributed by atoms with Crippen LogP contribution in [-0.4, -0.2) is 73.1 Å². The third kappa shape index (κ3) is 19.6. The van der Waals surface area contributed by atoms with E-state index in [0.29, 0.717) is 19.1 Å². The summed E-state index contributed by atoms with van der Waals surface area (Å²) in [6, 6.07) is 0. The zero-order valence-electron chi connectivity index (χ0n) is 15.4. The van der Waals surface area contributed by atoms with Crippen molar-refractivity contribution in [3.05, 3.63) is 0 Å².